The first-order valence-corrected chi connectivity index (χ1v) is 7.51. The van der Waals surface area contributed by atoms with Crippen molar-refractivity contribution in [1.29, 1.82) is 5.26 Å². The average Bonchev–Trinajstić information content (AvgIpc) is 3.10. The smallest absolute Gasteiger partial charge is 0.140 e. The zero-order valence-corrected chi connectivity index (χ0v) is 12.3. The first kappa shape index (κ1) is 13.7. The van der Waals surface area contributed by atoms with E-state index in [1.807, 2.05) is 12.1 Å². The van der Waals surface area contributed by atoms with Crippen LogP contribution in [-0.4, -0.2) is 9.78 Å². The van der Waals surface area contributed by atoms with E-state index < -0.39 is 0 Å². The summed E-state index contributed by atoms with van der Waals surface area (Å²) in [5.74, 6) is 0.905. The fourth-order valence-corrected chi connectivity index (χ4v) is 3.16. The summed E-state index contributed by atoms with van der Waals surface area (Å²) in [6.07, 6.45) is 4.69. The van der Waals surface area contributed by atoms with Crippen LogP contribution in [-0.2, 0) is 6.54 Å². The predicted octanol–water partition coefficient (Wildman–Crippen LogP) is 3.35. The average molecular weight is 280 g/mol. The maximum atomic E-state index is 9.41. The molecule has 0 spiro atoms. The van der Waals surface area contributed by atoms with Crippen LogP contribution in [0.5, 0.6) is 0 Å². The predicted molar refractivity (Wildman–Crippen MR) is 82.8 cm³/mol. The lowest BCUT2D eigenvalue weighted by atomic mass is 10.0. The molecule has 0 aliphatic heterocycles. The molecule has 1 saturated carbocycles. The van der Waals surface area contributed by atoms with Gasteiger partial charge in [-0.1, -0.05) is 37.1 Å². The van der Waals surface area contributed by atoms with Gasteiger partial charge in [-0.2, -0.15) is 10.4 Å². The maximum absolute atomic E-state index is 9.41. The van der Waals surface area contributed by atoms with Crippen LogP contribution in [0.3, 0.4) is 0 Å². The number of nitrogens with two attached hydrogens (primary N) is 1. The van der Waals surface area contributed by atoms with Gasteiger partial charge in [-0.15, -0.1) is 0 Å². The highest BCUT2D eigenvalue weighted by Crippen LogP contribution is 2.36. The zero-order chi connectivity index (χ0) is 14.8. The van der Waals surface area contributed by atoms with Crippen molar-refractivity contribution in [2.75, 3.05) is 5.73 Å². The molecular weight excluding hydrogens is 260 g/mol. The Morgan fingerprint density at radius 1 is 1.33 bits per heavy atom. The quantitative estimate of drug-likeness (QED) is 0.937. The minimum Gasteiger partial charge on any atom is -0.383 e. The zero-order valence-electron chi connectivity index (χ0n) is 12.3. The molecule has 0 bridgehead atoms. The number of rotatable bonds is 3. The van der Waals surface area contributed by atoms with Crippen LogP contribution in [0.4, 0.5) is 5.82 Å². The van der Waals surface area contributed by atoms with Crippen molar-refractivity contribution in [2.24, 2.45) is 0 Å². The molecule has 1 aliphatic rings. The van der Waals surface area contributed by atoms with E-state index in [1.165, 1.54) is 24.0 Å². The monoisotopic (exact) mass is 280 g/mol. The first-order valence-electron chi connectivity index (χ1n) is 7.51. The third-order valence-corrected chi connectivity index (χ3v) is 4.45. The van der Waals surface area contributed by atoms with Gasteiger partial charge in [0.25, 0.3) is 0 Å². The summed E-state index contributed by atoms with van der Waals surface area (Å²) in [5.41, 5.74) is 10.0. The highest BCUT2D eigenvalue weighted by atomic mass is 15.3. The van der Waals surface area contributed by atoms with E-state index in [1.54, 1.807) is 4.68 Å². The number of nitrogen functional groups attached to an aromatic ring is 1. The van der Waals surface area contributed by atoms with Crippen LogP contribution in [0.25, 0.3) is 0 Å². The molecule has 0 atom stereocenters. The van der Waals surface area contributed by atoms with E-state index in [4.69, 9.17) is 5.73 Å². The Labute approximate surface area is 125 Å². The number of aryl methyl sites for hydroxylation is 1. The largest absolute Gasteiger partial charge is 0.383 e. The molecule has 3 rings (SSSR count). The second-order valence-electron chi connectivity index (χ2n) is 5.82. The van der Waals surface area contributed by atoms with Crippen molar-refractivity contribution in [1.82, 2.24) is 9.78 Å². The molecule has 0 saturated heterocycles. The van der Waals surface area contributed by atoms with Gasteiger partial charge in [-0.25, -0.2) is 4.68 Å². The van der Waals surface area contributed by atoms with E-state index in [9.17, 15) is 5.26 Å². The fraction of sp³-hybridized carbons (Fsp3) is 0.412. The van der Waals surface area contributed by atoms with Crippen molar-refractivity contribution in [3.63, 3.8) is 0 Å². The van der Waals surface area contributed by atoms with Crippen molar-refractivity contribution in [3.8, 4) is 6.07 Å². The highest BCUT2D eigenvalue weighted by Gasteiger charge is 2.26. The van der Waals surface area contributed by atoms with Gasteiger partial charge in [-0.05, 0) is 30.9 Å². The Bertz CT molecular complexity index is 687. The lowest BCUT2D eigenvalue weighted by molar-refractivity contribution is 0.631. The molecule has 21 heavy (non-hydrogen) atoms. The van der Waals surface area contributed by atoms with Crippen molar-refractivity contribution < 1.29 is 0 Å². The van der Waals surface area contributed by atoms with Gasteiger partial charge in [0.15, 0.2) is 0 Å². The van der Waals surface area contributed by atoms with Gasteiger partial charge in [0, 0.05) is 5.92 Å². The van der Waals surface area contributed by atoms with Crippen LogP contribution in [0.2, 0.25) is 0 Å². The Kier molecular flexibility index (Phi) is 3.66. The fourth-order valence-electron chi connectivity index (χ4n) is 3.16. The van der Waals surface area contributed by atoms with Gasteiger partial charge >= 0.3 is 0 Å². The summed E-state index contributed by atoms with van der Waals surface area (Å²) in [6, 6.07) is 10.5. The molecule has 0 amide bonds. The van der Waals surface area contributed by atoms with Gasteiger partial charge in [0.1, 0.15) is 17.5 Å². The molecule has 4 nitrogen and oxygen atoms in total. The van der Waals surface area contributed by atoms with E-state index in [0.717, 1.165) is 18.5 Å². The molecule has 0 radical (unpaired) electrons. The van der Waals surface area contributed by atoms with Crippen LogP contribution in [0.1, 0.15) is 54.0 Å². The molecular formula is C17H20N4. The number of aromatic nitrogens is 2. The van der Waals surface area contributed by atoms with Crippen LogP contribution in [0, 0.1) is 18.3 Å². The van der Waals surface area contributed by atoms with Gasteiger partial charge < -0.3 is 5.73 Å². The molecule has 1 heterocycles. The number of anilines is 1. The SMILES string of the molecule is Cc1ccccc1Cn1nc(C2CCCC2)c(C#N)c1N. The Balaban J connectivity index is 1.96. The third kappa shape index (κ3) is 2.52. The number of nitrogens with zero attached hydrogens (tertiary/aromatic N) is 3. The van der Waals surface area contributed by atoms with Crippen molar-refractivity contribution in [2.45, 2.75) is 45.1 Å². The standard InChI is InChI=1S/C17H20N4/c1-12-6-2-3-9-14(12)11-21-17(19)15(10-18)16(20-21)13-7-4-5-8-13/h2-3,6,9,13H,4-5,7-8,11,19H2,1H3. The van der Waals surface area contributed by atoms with Crippen molar-refractivity contribution >= 4 is 5.82 Å². The number of benzene rings is 1. The number of hydrogen-bond acceptors (Lipinski definition) is 3. The normalized spacial score (nSPS) is 15.2. The van der Waals surface area contributed by atoms with Gasteiger partial charge in [0.2, 0.25) is 0 Å². The minimum atomic E-state index is 0.403. The van der Waals surface area contributed by atoms with Crippen LogP contribution < -0.4 is 5.73 Å². The summed E-state index contributed by atoms with van der Waals surface area (Å²) in [5, 5.41) is 14.1. The van der Waals surface area contributed by atoms with E-state index in [-0.39, 0.29) is 0 Å². The Morgan fingerprint density at radius 2 is 2.05 bits per heavy atom. The van der Waals surface area contributed by atoms with Crippen molar-refractivity contribution in [3.05, 3.63) is 46.6 Å². The molecule has 1 fully saturated rings. The molecule has 2 N–H and O–H groups in total. The number of nitriles is 1. The van der Waals surface area contributed by atoms with E-state index >= 15 is 0 Å². The summed E-state index contributed by atoms with van der Waals surface area (Å²) >= 11 is 0. The molecule has 1 aromatic heterocycles. The molecule has 4 heteroatoms. The summed E-state index contributed by atoms with van der Waals surface area (Å²) < 4.78 is 1.79. The highest BCUT2D eigenvalue weighted by molar-refractivity contribution is 5.53. The Hall–Kier alpha value is -2.28. The molecule has 108 valence electrons. The summed E-state index contributed by atoms with van der Waals surface area (Å²) in [7, 11) is 0. The molecule has 0 unspecified atom stereocenters. The van der Waals surface area contributed by atoms with Crippen LogP contribution in [0.15, 0.2) is 24.3 Å². The van der Waals surface area contributed by atoms with E-state index in [2.05, 4.69) is 30.2 Å². The summed E-state index contributed by atoms with van der Waals surface area (Å²) in [4.78, 5) is 0. The lowest BCUT2D eigenvalue weighted by Crippen LogP contribution is -2.07. The molecule has 2 aromatic rings. The van der Waals surface area contributed by atoms with Gasteiger partial charge in [-0.3, -0.25) is 0 Å². The second kappa shape index (κ2) is 5.61. The Morgan fingerprint density at radius 3 is 2.71 bits per heavy atom. The first-order chi connectivity index (χ1) is 10.2. The molecule has 1 aliphatic carbocycles. The van der Waals surface area contributed by atoms with E-state index in [0.29, 0.717) is 23.8 Å². The summed E-state index contributed by atoms with van der Waals surface area (Å²) in [6.45, 7) is 2.71. The minimum absolute atomic E-state index is 0.403. The maximum Gasteiger partial charge on any atom is 0.140 e. The van der Waals surface area contributed by atoms with Gasteiger partial charge in [0.05, 0.1) is 12.2 Å². The molecule has 1 aromatic carbocycles. The van der Waals surface area contributed by atoms with Crippen LogP contribution >= 0.6 is 0 Å². The second-order valence-corrected chi connectivity index (χ2v) is 5.82. The topological polar surface area (TPSA) is 67.6 Å². The number of hydrogen-bond donors (Lipinski definition) is 1. The lowest BCUT2D eigenvalue weighted by Gasteiger charge is -2.07. The third-order valence-electron chi connectivity index (χ3n) is 4.45.